The predicted molar refractivity (Wildman–Crippen MR) is 67.7 cm³/mol. The van der Waals surface area contributed by atoms with Crippen molar-refractivity contribution < 1.29 is 14.8 Å². The fourth-order valence-corrected chi connectivity index (χ4v) is 2.26. The lowest BCUT2D eigenvalue weighted by molar-refractivity contribution is -0.168. The molecule has 0 saturated heterocycles. The van der Waals surface area contributed by atoms with Gasteiger partial charge in [-0.3, -0.25) is 14.8 Å². The highest BCUT2D eigenvalue weighted by molar-refractivity contribution is 5.75. The number of rotatable bonds is 7. The standard InChI is InChI=1S/C13H22N2O3/c1-2-14(11-16)9-8-13(17)15(18)10-12-6-4-3-5-7-12/h2,11-12,18H,1,3-10H2. The molecule has 18 heavy (non-hydrogen) atoms. The van der Waals surface area contributed by atoms with Gasteiger partial charge in [0.05, 0.1) is 6.54 Å². The molecule has 1 aliphatic carbocycles. The molecular weight excluding hydrogens is 232 g/mol. The average molecular weight is 254 g/mol. The Balaban J connectivity index is 2.27. The van der Waals surface area contributed by atoms with Crippen molar-refractivity contribution in [1.82, 2.24) is 9.96 Å². The zero-order chi connectivity index (χ0) is 13.4. The summed E-state index contributed by atoms with van der Waals surface area (Å²) in [4.78, 5) is 23.4. The average Bonchev–Trinajstić information content (AvgIpc) is 2.40. The van der Waals surface area contributed by atoms with Crippen LogP contribution in [0.3, 0.4) is 0 Å². The minimum Gasteiger partial charge on any atom is -0.322 e. The summed E-state index contributed by atoms with van der Waals surface area (Å²) in [5, 5.41) is 10.5. The van der Waals surface area contributed by atoms with Gasteiger partial charge in [0.25, 0.3) is 0 Å². The molecule has 0 radical (unpaired) electrons. The fourth-order valence-electron chi connectivity index (χ4n) is 2.26. The quantitative estimate of drug-likeness (QED) is 0.428. The Bertz CT molecular complexity index is 280. The van der Waals surface area contributed by atoms with E-state index in [9.17, 15) is 14.8 Å². The molecule has 5 heteroatoms. The molecule has 102 valence electrons. The van der Waals surface area contributed by atoms with Gasteiger partial charge in [0.15, 0.2) is 0 Å². The van der Waals surface area contributed by atoms with E-state index in [1.165, 1.54) is 30.4 Å². The van der Waals surface area contributed by atoms with E-state index in [4.69, 9.17) is 0 Å². The lowest BCUT2D eigenvalue weighted by atomic mass is 9.89. The second-order valence-electron chi connectivity index (χ2n) is 4.76. The molecule has 2 amide bonds. The van der Waals surface area contributed by atoms with Crippen LogP contribution in [-0.2, 0) is 9.59 Å². The third kappa shape index (κ3) is 4.87. The Morgan fingerprint density at radius 1 is 1.33 bits per heavy atom. The van der Waals surface area contributed by atoms with Crippen LogP contribution >= 0.6 is 0 Å². The fraction of sp³-hybridized carbons (Fsp3) is 0.692. The number of hydroxylamine groups is 2. The van der Waals surface area contributed by atoms with Crippen molar-refractivity contribution in [1.29, 1.82) is 0 Å². The summed E-state index contributed by atoms with van der Waals surface area (Å²) < 4.78 is 0. The van der Waals surface area contributed by atoms with E-state index >= 15 is 0 Å². The molecule has 0 aromatic heterocycles. The SMILES string of the molecule is C=CN(C=O)CCC(=O)N(O)CC1CCCCC1. The highest BCUT2D eigenvalue weighted by Crippen LogP contribution is 2.24. The first-order valence-corrected chi connectivity index (χ1v) is 6.50. The van der Waals surface area contributed by atoms with Gasteiger partial charge in [0.2, 0.25) is 12.3 Å². The minimum absolute atomic E-state index is 0.119. The molecule has 0 aromatic rings. The Labute approximate surface area is 108 Å². The van der Waals surface area contributed by atoms with Crippen LogP contribution in [-0.4, -0.2) is 40.6 Å². The van der Waals surface area contributed by atoms with Gasteiger partial charge in [-0.1, -0.05) is 25.8 Å². The first kappa shape index (κ1) is 14.7. The van der Waals surface area contributed by atoms with Gasteiger partial charge < -0.3 is 4.90 Å². The molecule has 1 rings (SSSR count). The lowest BCUT2D eigenvalue weighted by Gasteiger charge is -2.25. The molecule has 1 aliphatic rings. The summed E-state index contributed by atoms with van der Waals surface area (Å²) in [5.74, 6) is 0.0727. The number of hydrogen-bond acceptors (Lipinski definition) is 3. The maximum Gasteiger partial charge on any atom is 0.247 e. The normalized spacial score (nSPS) is 16.1. The third-order valence-corrected chi connectivity index (χ3v) is 3.40. The van der Waals surface area contributed by atoms with Crippen molar-refractivity contribution in [3.05, 3.63) is 12.8 Å². The molecule has 0 atom stereocenters. The third-order valence-electron chi connectivity index (χ3n) is 3.40. The van der Waals surface area contributed by atoms with E-state index in [-0.39, 0.29) is 18.9 Å². The Hall–Kier alpha value is -1.36. The molecular formula is C13H22N2O3. The van der Waals surface area contributed by atoms with E-state index in [1.54, 1.807) is 0 Å². The summed E-state index contributed by atoms with van der Waals surface area (Å²) in [6, 6.07) is 0. The maximum atomic E-state index is 11.7. The molecule has 1 fully saturated rings. The molecule has 0 aromatic carbocycles. The van der Waals surface area contributed by atoms with Crippen LogP contribution in [0.2, 0.25) is 0 Å². The molecule has 0 aliphatic heterocycles. The first-order chi connectivity index (χ1) is 8.67. The van der Waals surface area contributed by atoms with Gasteiger partial charge in [-0.05, 0) is 25.0 Å². The van der Waals surface area contributed by atoms with Gasteiger partial charge >= 0.3 is 0 Å². The van der Waals surface area contributed by atoms with Crippen LogP contribution in [0.5, 0.6) is 0 Å². The van der Waals surface area contributed by atoms with Crippen molar-refractivity contribution in [2.75, 3.05) is 13.1 Å². The monoisotopic (exact) mass is 254 g/mol. The predicted octanol–water partition coefficient (Wildman–Crippen LogP) is 1.78. The number of nitrogens with zero attached hydrogens (tertiary/aromatic N) is 2. The van der Waals surface area contributed by atoms with Crippen LogP contribution in [0.4, 0.5) is 0 Å². The van der Waals surface area contributed by atoms with Crippen LogP contribution in [0.1, 0.15) is 38.5 Å². The molecule has 1 saturated carbocycles. The molecule has 0 bridgehead atoms. The van der Waals surface area contributed by atoms with Crippen molar-refractivity contribution in [3.8, 4) is 0 Å². The lowest BCUT2D eigenvalue weighted by Crippen LogP contribution is -2.34. The Morgan fingerprint density at radius 3 is 2.56 bits per heavy atom. The summed E-state index contributed by atoms with van der Waals surface area (Å²) in [5.41, 5.74) is 0. The smallest absolute Gasteiger partial charge is 0.247 e. The van der Waals surface area contributed by atoms with Crippen LogP contribution in [0.15, 0.2) is 12.8 Å². The van der Waals surface area contributed by atoms with Gasteiger partial charge in [-0.15, -0.1) is 0 Å². The molecule has 5 nitrogen and oxygen atoms in total. The number of amides is 2. The second-order valence-corrected chi connectivity index (χ2v) is 4.76. The zero-order valence-corrected chi connectivity index (χ0v) is 10.8. The van der Waals surface area contributed by atoms with Crippen LogP contribution < -0.4 is 0 Å². The summed E-state index contributed by atoms with van der Waals surface area (Å²) in [7, 11) is 0. The van der Waals surface area contributed by atoms with Crippen molar-refractivity contribution in [2.45, 2.75) is 38.5 Å². The van der Waals surface area contributed by atoms with E-state index in [0.717, 1.165) is 17.9 Å². The summed E-state index contributed by atoms with van der Waals surface area (Å²) in [6.45, 7) is 4.12. The molecule has 0 heterocycles. The molecule has 1 N–H and O–H groups in total. The highest BCUT2D eigenvalue weighted by atomic mass is 16.5. The molecule has 0 unspecified atom stereocenters. The van der Waals surface area contributed by atoms with E-state index < -0.39 is 0 Å². The van der Waals surface area contributed by atoms with Crippen molar-refractivity contribution in [2.24, 2.45) is 5.92 Å². The van der Waals surface area contributed by atoms with Crippen molar-refractivity contribution >= 4 is 12.3 Å². The highest BCUT2D eigenvalue weighted by Gasteiger charge is 2.19. The zero-order valence-electron chi connectivity index (χ0n) is 10.8. The van der Waals surface area contributed by atoms with Crippen LogP contribution in [0, 0.1) is 5.92 Å². The topological polar surface area (TPSA) is 60.9 Å². The second kappa shape index (κ2) is 7.87. The Morgan fingerprint density at radius 2 is 2.00 bits per heavy atom. The summed E-state index contributed by atoms with van der Waals surface area (Å²) >= 11 is 0. The van der Waals surface area contributed by atoms with Gasteiger partial charge in [0, 0.05) is 13.0 Å². The van der Waals surface area contributed by atoms with E-state index in [2.05, 4.69) is 6.58 Å². The van der Waals surface area contributed by atoms with Crippen LogP contribution in [0.25, 0.3) is 0 Å². The van der Waals surface area contributed by atoms with Crippen molar-refractivity contribution in [3.63, 3.8) is 0 Å². The van der Waals surface area contributed by atoms with Gasteiger partial charge in [-0.25, -0.2) is 5.06 Å². The maximum absolute atomic E-state index is 11.7. The minimum atomic E-state index is -0.339. The van der Waals surface area contributed by atoms with E-state index in [0.29, 0.717) is 18.9 Å². The number of carbonyl (C=O) groups is 2. The number of hydrogen-bond donors (Lipinski definition) is 1. The van der Waals surface area contributed by atoms with Gasteiger partial charge in [-0.2, -0.15) is 0 Å². The van der Waals surface area contributed by atoms with Gasteiger partial charge in [0.1, 0.15) is 0 Å². The van der Waals surface area contributed by atoms with E-state index in [1.807, 2.05) is 0 Å². The summed E-state index contributed by atoms with van der Waals surface area (Å²) in [6.07, 6.45) is 7.88. The Kier molecular flexibility index (Phi) is 6.43. The number of carbonyl (C=O) groups excluding carboxylic acids is 2. The molecule has 0 spiro atoms. The first-order valence-electron chi connectivity index (χ1n) is 6.50. The largest absolute Gasteiger partial charge is 0.322 e.